The van der Waals surface area contributed by atoms with E-state index in [0.29, 0.717) is 17.5 Å². The van der Waals surface area contributed by atoms with Crippen LogP contribution in [0.2, 0.25) is 0 Å². The molecule has 3 heterocycles. The first-order valence-electron chi connectivity index (χ1n) is 11.6. The molecule has 0 radical (unpaired) electrons. The Bertz CT molecular complexity index is 1140. The Morgan fingerprint density at radius 3 is 2.71 bits per heavy atom. The summed E-state index contributed by atoms with van der Waals surface area (Å²) in [5.41, 5.74) is 1.50. The van der Waals surface area contributed by atoms with Gasteiger partial charge in [0, 0.05) is 19.3 Å². The van der Waals surface area contributed by atoms with Crippen molar-refractivity contribution in [3.63, 3.8) is 0 Å². The Balaban J connectivity index is 1.11. The lowest BCUT2D eigenvalue weighted by molar-refractivity contribution is -0.137. The van der Waals surface area contributed by atoms with Crippen molar-refractivity contribution in [1.82, 2.24) is 24.6 Å². The van der Waals surface area contributed by atoms with Crippen LogP contribution in [-0.2, 0) is 13.2 Å². The maximum atomic E-state index is 12.9. The lowest BCUT2D eigenvalue weighted by Gasteiger charge is -2.34. The van der Waals surface area contributed by atoms with E-state index in [9.17, 15) is 13.2 Å². The molecular weight excluding hydrogens is 463 g/mol. The quantitative estimate of drug-likeness (QED) is 0.319. The highest BCUT2D eigenvalue weighted by Gasteiger charge is 2.55. The molecule has 2 aromatic heterocycles. The number of hydrogen-bond acceptors (Lipinski definition) is 6. The summed E-state index contributed by atoms with van der Waals surface area (Å²) < 4.78 is 46.0. The predicted molar refractivity (Wildman–Crippen MR) is 123 cm³/mol. The zero-order valence-corrected chi connectivity index (χ0v) is 20.1. The minimum atomic E-state index is -4.28. The van der Waals surface area contributed by atoms with E-state index in [4.69, 9.17) is 4.42 Å². The van der Waals surface area contributed by atoms with Crippen LogP contribution in [0.5, 0.6) is 0 Å². The lowest BCUT2D eigenvalue weighted by atomic mass is 9.89. The van der Waals surface area contributed by atoms with Crippen LogP contribution in [0.3, 0.4) is 0 Å². The summed E-state index contributed by atoms with van der Waals surface area (Å²) in [6.45, 7) is 5.02. The average molecular weight is 492 g/mol. The van der Waals surface area contributed by atoms with Crippen LogP contribution in [0.15, 0.2) is 40.2 Å². The van der Waals surface area contributed by atoms with E-state index >= 15 is 0 Å². The first-order chi connectivity index (χ1) is 16.3. The average Bonchev–Trinajstić information content (AvgIpc) is 3.10. The number of benzene rings is 1. The Morgan fingerprint density at radius 1 is 1.21 bits per heavy atom. The number of rotatable bonds is 7. The minimum Gasteiger partial charge on any atom is -0.440 e. The maximum Gasteiger partial charge on any atom is 0.416 e. The summed E-state index contributed by atoms with van der Waals surface area (Å²) in [6, 6.07) is 5.79. The Morgan fingerprint density at radius 2 is 2.00 bits per heavy atom. The molecule has 1 aliphatic carbocycles. The zero-order valence-electron chi connectivity index (χ0n) is 19.3. The summed E-state index contributed by atoms with van der Waals surface area (Å²) >= 11 is 1.68. The number of aromatic nitrogens is 4. The number of oxazole rings is 1. The molecule has 2 fully saturated rings. The van der Waals surface area contributed by atoms with Crippen molar-refractivity contribution in [2.45, 2.75) is 49.9 Å². The van der Waals surface area contributed by atoms with E-state index in [1.54, 1.807) is 23.9 Å². The summed E-state index contributed by atoms with van der Waals surface area (Å²) in [7, 11) is 1.93. The van der Waals surface area contributed by atoms with E-state index in [2.05, 4.69) is 20.1 Å². The van der Waals surface area contributed by atoms with Gasteiger partial charge in [-0.2, -0.15) is 13.2 Å². The lowest BCUT2D eigenvalue weighted by Crippen LogP contribution is -2.38. The summed E-state index contributed by atoms with van der Waals surface area (Å²) in [6.07, 6.45) is 1.56. The number of halogens is 3. The van der Waals surface area contributed by atoms with Gasteiger partial charge in [-0.25, -0.2) is 4.98 Å². The number of thioether (sulfide) groups is 1. The highest BCUT2D eigenvalue weighted by molar-refractivity contribution is 7.99. The second-order valence-electron chi connectivity index (χ2n) is 9.45. The van der Waals surface area contributed by atoms with E-state index in [-0.39, 0.29) is 5.41 Å². The monoisotopic (exact) mass is 491 g/mol. The summed E-state index contributed by atoms with van der Waals surface area (Å²) in [5, 5.41) is 9.41. The van der Waals surface area contributed by atoms with E-state index in [0.717, 1.165) is 67.5 Å². The first-order valence-corrected chi connectivity index (χ1v) is 12.6. The van der Waals surface area contributed by atoms with Crippen LogP contribution in [0, 0.1) is 12.3 Å². The van der Waals surface area contributed by atoms with Gasteiger partial charge in [-0.3, -0.25) is 0 Å². The predicted octanol–water partition coefficient (Wildman–Crippen LogP) is 5.55. The molecule has 1 saturated heterocycles. The molecule has 1 spiro atoms. The molecule has 5 rings (SSSR count). The largest absolute Gasteiger partial charge is 0.440 e. The maximum absolute atomic E-state index is 12.9. The van der Waals surface area contributed by atoms with Crippen LogP contribution < -0.4 is 0 Å². The van der Waals surface area contributed by atoms with Gasteiger partial charge in [0.1, 0.15) is 0 Å². The van der Waals surface area contributed by atoms with E-state index < -0.39 is 11.7 Å². The van der Waals surface area contributed by atoms with Gasteiger partial charge in [0.15, 0.2) is 17.3 Å². The molecule has 1 aromatic carbocycles. The fraction of sp³-hybridized carbons (Fsp3) is 0.542. The Kier molecular flexibility index (Phi) is 6.22. The van der Waals surface area contributed by atoms with Crippen LogP contribution in [0.4, 0.5) is 13.2 Å². The molecule has 0 N–H and O–H groups in total. The van der Waals surface area contributed by atoms with Gasteiger partial charge in [-0.15, -0.1) is 10.2 Å². The van der Waals surface area contributed by atoms with Crippen molar-refractivity contribution in [2.75, 3.05) is 25.4 Å². The fourth-order valence-corrected chi connectivity index (χ4v) is 6.06. The normalized spacial score (nSPS) is 23.0. The number of likely N-dealkylation sites (tertiary alicyclic amines) is 1. The Labute approximate surface area is 200 Å². The highest BCUT2D eigenvalue weighted by Crippen LogP contribution is 2.63. The van der Waals surface area contributed by atoms with Crippen LogP contribution in [-0.4, -0.2) is 50.0 Å². The van der Waals surface area contributed by atoms with Crippen molar-refractivity contribution < 1.29 is 17.6 Å². The second kappa shape index (κ2) is 9.03. The fourth-order valence-electron chi connectivity index (χ4n) is 5.23. The van der Waals surface area contributed by atoms with Gasteiger partial charge >= 0.3 is 6.18 Å². The van der Waals surface area contributed by atoms with Gasteiger partial charge in [0.05, 0.1) is 11.3 Å². The van der Waals surface area contributed by atoms with Crippen molar-refractivity contribution in [1.29, 1.82) is 0 Å². The van der Waals surface area contributed by atoms with Crippen molar-refractivity contribution in [2.24, 2.45) is 12.5 Å². The van der Waals surface area contributed by atoms with E-state index in [1.807, 2.05) is 18.5 Å². The smallest absolute Gasteiger partial charge is 0.416 e. The van der Waals surface area contributed by atoms with Gasteiger partial charge in [-0.05, 0) is 74.7 Å². The van der Waals surface area contributed by atoms with Crippen molar-refractivity contribution >= 4 is 11.8 Å². The van der Waals surface area contributed by atoms with Crippen LogP contribution >= 0.6 is 11.8 Å². The summed E-state index contributed by atoms with van der Waals surface area (Å²) in [5.74, 6) is 2.64. The number of alkyl halides is 3. The molecule has 34 heavy (non-hydrogen) atoms. The molecule has 1 saturated carbocycles. The van der Waals surface area contributed by atoms with Gasteiger partial charge in [0.2, 0.25) is 5.82 Å². The molecule has 3 aromatic rings. The summed E-state index contributed by atoms with van der Waals surface area (Å²) in [4.78, 5) is 6.64. The standard InChI is InChI=1S/C24H28F3N5OS/c1-16-20(33-15-28-16)21-29-30-22(31(21)2)34-12-4-11-32-10-3-9-23(14-32)13-19(23)17-5-7-18(8-6-17)24(25,26)27/h5-8,15,19H,3-4,9-14H2,1-2H3/t19-,23?/m1/s1. The van der Waals surface area contributed by atoms with Crippen LogP contribution in [0.1, 0.15) is 48.4 Å². The first kappa shape index (κ1) is 23.4. The van der Waals surface area contributed by atoms with Crippen LogP contribution in [0.25, 0.3) is 11.6 Å². The zero-order chi connectivity index (χ0) is 23.9. The third-order valence-corrected chi connectivity index (χ3v) is 8.26. The third kappa shape index (κ3) is 4.62. The minimum absolute atomic E-state index is 0.235. The highest BCUT2D eigenvalue weighted by atomic mass is 32.2. The van der Waals surface area contributed by atoms with Crippen molar-refractivity contribution in [3.8, 4) is 11.6 Å². The van der Waals surface area contributed by atoms with Gasteiger partial charge in [-0.1, -0.05) is 23.9 Å². The van der Waals surface area contributed by atoms with E-state index in [1.165, 1.54) is 18.5 Å². The number of hydrogen-bond donors (Lipinski definition) is 0. The third-order valence-electron chi connectivity index (χ3n) is 7.15. The van der Waals surface area contributed by atoms with Gasteiger partial charge in [0.25, 0.3) is 0 Å². The molecule has 2 atom stereocenters. The number of piperidine rings is 1. The van der Waals surface area contributed by atoms with Gasteiger partial charge < -0.3 is 13.9 Å². The molecule has 1 aliphatic heterocycles. The molecule has 6 nitrogen and oxygen atoms in total. The molecule has 0 bridgehead atoms. The molecule has 182 valence electrons. The topological polar surface area (TPSA) is 60.0 Å². The molecular formula is C24H28F3N5OS. The van der Waals surface area contributed by atoms with Crippen molar-refractivity contribution in [3.05, 3.63) is 47.5 Å². The molecule has 1 unspecified atom stereocenters. The molecule has 0 amide bonds. The number of nitrogens with zero attached hydrogens (tertiary/aromatic N) is 5. The molecule has 10 heteroatoms. The number of aryl methyl sites for hydroxylation is 1. The SMILES string of the molecule is Cc1ncoc1-c1nnc(SCCCN2CCCC3(C[C@@H]3c3ccc(C(F)(F)F)cc3)C2)n1C. The molecule has 2 aliphatic rings. The Hall–Kier alpha value is -2.33. The second-order valence-corrected chi connectivity index (χ2v) is 10.5.